The number of nitrogens with two attached hydrogens (primary N) is 1. The van der Waals surface area contributed by atoms with E-state index in [9.17, 15) is 22.8 Å². The highest BCUT2D eigenvalue weighted by Crippen LogP contribution is 2.39. The molecule has 2 bridgehead atoms. The van der Waals surface area contributed by atoms with Gasteiger partial charge in [0.1, 0.15) is 0 Å². The van der Waals surface area contributed by atoms with Crippen molar-refractivity contribution >= 4 is 29.3 Å². The molecule has 0 spiro atoms. The number of aromatic nitrogens is 3. The molecule has 10 nitrogen and oxygen atoms in total. The molecule has 3 heterocycles. The Balaban J connectivity index is 1.45. The van der Waals surface area contributed by atoms with Crippen LogP contribution in [0.3, 0.4) is 0 Å². The molecule has 4 rings (SSSR count). The van der Waals surface area contributed by atoms with Crippen LogP contribution in [0.25, 0.3) is 0 Å². The number of halogens is 3. The smallest absolute Gasteiger partial charge is 0.422 e. The highest BCUT2D eigenvalue weighted by atomic mass is 19.4. The number of carbonyl (C=O) groups excluding carboxylic acids is 2. The molecule has 2 aromatic rings. The van der Waals surface area contributed by atoms with Crippen LogP contribution in [-0.4, -0.2) is 70.5 Å². The average molecular weight is 479 g/mol. The zero-order valence-electron chi connectivity index (χ0n) is 18.6. The number of fused-ring (bicyclic) bond motifs is 2. The number of piperidine rings is 2. The number of likely N-dealkylation sites (tertiary alicyclic amines) is 1. The number of benzene rings is 1. The summed E-state index contributed by atoms with van der Waals surface area (Å²) >= 11 is 0. The highest BCUT2D eigenvalue weighted by Gasteiger charge is 2.54. The quantitative estimate of drug-likeness (QED) is 0.586. The van der Waals surface area contributed by atoms with E-state index in [0.29, 0.717) is 37.4 Å². The molecular weight excluding hydrogens is 455 g/mol. The third kappa shape index (κ3) is 4.88. The van der Waals surface area contributed by atoms with Gasteiger partial charge >= 0.3 is 12.2 Å². The zero-order chi connectivity index (χ0) is 24.7. The van der Waals surface area contributed by atoms with Crippen molar-refractivity contribution in [2.75, 3.05) is 43.8 Å². The van der Waals surface area contributed by atoms with Crippen molar-refractivity contribution in [3.8, 4) is 6.01 Å². The van der Waals surface area contributed by atoms with Crippen LogP contribution in [-0.2, 0) is 4.79 Å². The lowest BCUT2D eigenvalue weighted by molar-refractivity contribution is -0.154. The van der Waals surface area contributed by atoms with Gasteiger partial charge in [0.15, 0.2) is 12.4 Å². The van der Waals surface area contributed by atoms with E-state index in [-0.39, 0.29) is 23.6 Å². The predicted octanol–water partition coefficient (Wildman–Crippen LogP) is 1.78. The molecule has 2 aliphatic rings. The van der Waals surface area contributed by atoms with Crippen LogP contribution in [0.4, 0.5) is 30.8 Å². The van der Waals surface area contributed by atoms with Gasteiger partial charge in [-0.2, -0.15) is 28.1 Å². The molecule has 1 aromatic heterocycles. The third-order valence-corrected chi connectivity index (χ3v) is 5.88. The molecule has 2 saturated heterocycles. The summed E-state index contributed by atoms with van der Waals surface area (Å²) < 4.78 is 41.6. The van der Waals surface area contributed by atoms with Gasteiger partial charge in [-0.05, 0) is 38.1 Å². The van der Waals surface area contributed by atoms with Crippen molar-refractivity contribution in [2.45, 2.75) is 20.0 Å². The lowest BCUT2D eigenvalue weighted by Gasteiger charge is -2.52. The van der Waals surface area contributed by atoms with Gasteiger partial charge in [-0.1, -0.05) is 0 Å². The van der Waals surface area contributed by atoms with Crippen molar-refractivity contribution in [3.05, 3.63) is 29.8 Å². The summed E-state index contributed by atoms with van der Waals surface area (Å²) in [7, 11) is 0. The Morgan fingerprint density at radius 3 is 2.35 bits per heavy atom. The number of hydrogen-bond acceptors (Lipinski definition) is 9. The fourth-order valence-electron chi connectivity index (χ4n) is 4.45. The molecule has 182 valence electrons. The SMILES string of the molecule is CC12CNCC(C)(CN(C(=O)c3ccc(Nc4nc(N)nc(OCC(F)(F)F)n4)cc3)C1)C2=O. The van der Waals surface area contributed by atoms with Crippen molar-refractivity contribution in [3.63, 3.8) is 0 Å². The van der Waals surface area contributed by atoms with Crippen molar-refractivity contribution in [1.29, 1.82) is 0 Å². The molecule has 1 aromatic carbocycles. The molecule has 4 N–H and O–H groups in total. The molecule has 34 heavy (non-hydrogen) atoms. The zero-order valence-corrected chi connectivity index (χ0v) is 18.6. The van der Waals surface area contributed by atoms with E-state index in [2.05, 4.69) is 30.3 Å². The Morgan fingerprint density at radius 1 is 1.15 bits per heavy atom. The fraction of sp³-hybridized carbons (Fsp3) is 0.476. The summed E-state index contributed by atoms with van der Waals surface area (Å²) in [4.78, 5) is 38.8. The lowest BCUT2D eigenvalue weighted by atomic mass is 9.65. The minimum absolute atomic E-state index is 0.112. The van der Waals surface area contributed by atoms with Crippen molar-refractivity contribution in [2.24, 2.45) is 10.8 Å². The summed E-state index contributed by atoms with van der Waals surface area (Å²) in [6.07, 6.45) is -4.55. The summed E-state index contributed by atoms with van der Waals surface area (Å²) in [5.74, 6) is -0.439. The Labute approximate surface area is 193 Å². The van der Waals surface area contributed by atoms with Crippen LogP contribution < -0.4 is 21.1 Å². The topological polar surface area (TPSA) is 135 Å². The van der Waals surface area contributed by atoms with E-state index in [0.717, 1.165) is 0 Å². The van der Waals surface area contributed by atoms with Crippen molar-refractivity contribution < 1.29 is 27.5 Å². The number of ketones is 1. The third-order valence-electron chi connectivity index (χ3n) is 5.88. The van der Waals surface area contributed by atoms with Gasteiger partial charge in [-0.15, -0.1) is 0 Å². The molecule has 0 aliphatic carbocycles. The van der Waals surface area contributed by atoms with Gasteiger partial charge in [0.2, 0.25) is 11.9 Å². The number of hydrogen-bond donors (Lipinski definition) is 3. The standard InChI is InChI=1S/C21H24F3N7O3/c1-19-7-26-8-20(2,15(19)33)10-31(9-19)14(32)12-3-5-13(6-4-12)27-17-28-16(25)29-18(30-17)34-11-21(22,23)24/h3-6,26H,7-11H2,1-2H3,(H3,25,27,28,29,30). The number of alkyl halides is 3. The number of rotatable bonds is 5. The minimum Gasteiger partial charge on any atom is -0.454 e. The Morgan fingerprint density at radius 2 is 1.76 bits per heavy atom. The first-order valence-corrected chi connectivity index (χ1v) is 10.5. The molecule has 2 fully saturated rings. The van der Waals surface area contributed by atoms with Gasteiger partial charge in [0, 0.05) is 37.4 Å². The molecule has 2 atom stereocenters. The van der Waals surface area contributed by atoms with Gasteiger partial charge in [-0.25, -0.2) is 0 Å². The van der Waals surface area contributed by atoms with Gasteiger partial charge < -0.3 is 26.0 Å². The van der Waals surface area contributed by atoms with E-state index in [1.807, 2.05) is 13.8 Å². The highest BCUT2D eigenvalue weighted by molar-refractivity contribution is 5.98. The van der Waals surface area contributed by atoms with E-state index < -0.39 is 29.6 Å². The Hall–Kier alpha value is -3.48. The second-order valence-electron chi connectivity index (χ2n) is 9.12. The molecule has 0 saturated carbocycles. The number of ether oxygens (including phenoxy) is 1. The number of amides is 1. The first-order valence-electron chi connectivity index (χ1n) is 10.5. The summed E-state index contributed by atoms with van der Waals surface area (Å²) in [6, 6.07) is 5.84. The second kappa shape index (κ2) is 8.38. The van der Waals surface area contributed by atoms with E-state index in [1.165, 1.54) is 0 Å². The average Bonchev–Trinajstić information content (AvgIpc) is 2.74. The number of anilines is 3. The van der Waals surface area contributed by atoms with Crippen molar-refractivity contribution in [1.82, 2.24) is 25.2 Å². The van der Waals surface area contributed by atoms with E-state index in [4.69, 9.17) is 5.73 Å². The van der Waals surface area contributed by atoms with Crippen LogP contribution in [0, 0.1) is 10.8 Å². The number of nitrogen functional groups attached to an aromatic ring is 1. The van der Waals surface area contributed by atoms with E-state index >= 15 is 0 Å². The number of nitrogens with one attached hydrogen (secondary N) is 2. The molecule has 2 unspecified atom stereocenters. The van der Waals surface area contributed by atoms with Gasteiger partial charge in [-0.3, -0.25) is 9.59 Å². The monoisotopic (exact) mass is 479 g/mol. The predicted molar refractivity (Wildman–Crippen MR) is 116 cm³/mol. The molecule has 1 amide bonds. The normalized spacial score (nSPS) is 24.6. The maximum absolute atomic E-state index is 13.1. The Kier molecular flexibility index (Phi) is 5.84. The minimum atomic E-state index is -4.55. The molecule has 0 radical (unpaired) electrons. The summed E-state index contributed by atoms with van der Waals surface area (Å²) in [5, 5.41) is 6.09. The fourth-order valence-corrected chi connectivity index (χ4v) is 4.45. The maximum Gasteiger partial charge on any atom is 0.422 e. The number of nitrogens with zero attached hydrogens (tertiary/aromatic N) is 4. The van der Waals surface area contributed by atoms with Crippen LogP contribution >= 0.6 is 0 Å². The number of Topliss-reactive ketones (excluding diaryl/α,β-unsaturated/α-hetero) is 1. The number of carbonyl (C=O) groups is 2. The first kappa shape index (κ1) is 23.7. The first-order chi connectivity index (χ1) is 15.9. The van der Waals surface area contributed by atoms with Gasteiger partial charge in [0.25, 0.3) is 5.91 Å². The van der Waals surface area contributed by atoms with E-state index in [1.54, 1.807) is 29.2 Å². The summed E-state index contributed by atoms with van der Waals surface area (Å²) in [5.41, 5.74) is 5.17. The second-order valence-corrected chi connectivity index (χ2v) is 9.12. The van der Waals surface area contributed by atoms with Crippen LogP contribution in [0.15, 0.2) is 24.3 Å². The van der Waals surface area contributed by atoms with Crippen LogP contribution in [0.2, 0.25) is 0 Å². The Bertz CT molecular complexity index is 1090. The molecular formula is C21H24F3N7O3. The maximum atomic E-state index is 13.1. The summed E-state index contributed by atoms with van der Waals surface area (Å²) in [6.45, 7) is 3.90. The lowest BCUT2D eigenvalue weighted by Crippen LogP contribution is -2.68. The molecule has 13 heteroatoms. The molecule has 2 aliphatic heterocycles. The van der Waals surface area contributed by atoms with Crippen LogP contribution in [0.5, 0.6) is 6.01 Å². The largest absolute Gasteiger partial charge is 0.454 e. The van der Waals surface area contributed by atoms with Crippen LogP contribution in [0.1, 0.15) is 24.2 Å². The van der Waals surface area contributed by atoms with Gasteiger partial charge in [0.05, 0.1) is 10.8 Å².